The van der Waals surface area contributed by atoms with Crippen molar-refractivity contribution in [3.8, 4) is 0 Å². The molecule has 0 saturated heterocycles. The summed E-state index contributed by atoms with van der Waals surface area (Å²) in [6, 6.07) is 2.35. The molecule has 0 aromatic carbocycles. The molecule has 1 atom stereocenters. The molecule has 0 bridgehead atoms. The van der Waals surface area contributed by atoms with Crippen molar-refractivity contribution in [1.82, 2.24) is 4.98 Å². The minimum atomic E-state index is 0.0742. The number of aromatic nitrogens is 1. The Labute approximate surface area is 91.8 Å². The van der Waals surface area contributed by atoms with E-state index in [2.05, 4.69) is 30.7 Å². The van der Waals surface area contributed by atoms with Crippen LogP contribution in [0, 0.1) is 0 Å². The first kappa shape index (κ1) is 12.0. The minimum absolute atomic E-state index is 0.0742. The summed E-state index contributed by atoms with van der Waals surface area (Å²) in [4.78, 5) is 6.40. The van der Waals surface area contributed by atoms with Crippen LogP contribution in [0.5, 0.6) is 0 Å². The number of anilines is 1. The van der Waals surface area contributed by atoms with Gasteiger partial charge in [-0.3, -0.25) is 4.98 Å². The van der Waals surface area contributed by atoms with E-state index in [1.165, 1.54) is 0 Å². The van der Waals surface area contributed by atoms with E-state index in [1.807, 2.05) is 12.3 Å². The van der Waals surface area contributed by atoms with Crippen LogP contribution in [0.1, 0.15) is 32.8 Å². The van der Waals surface area contributed by atoms with Crippen LogP contribution >= 0.6 is 0 Å². The quantitative estimate of drug-likeness (QED) is 0.806. The molecule has 0 saturated carbocycles. The summed E-state index contributed by atoms with van der Waals surface area (Å²) in [6.07, 6.45) is 4.65. The molecule has 0 spiro atoms. The van der Waals surface area contributed by atoms with Gasteiger partial charge < -0.3 is 10.0 Å². The number of aliphatic hydroxyl groups excluding tert-OH is 1. The zero-order valence-electron chi connectivity index (χ0n) is 9.77. The van der Waals surface area contributed by atoms with E-state index in [1.54, 1.807) is 6.20 Å². The number of hydrogen-bond donors (Lipinski definition) is 1. The summed E-state index contributed by atoms with van der Waals surface area (Å²) in [5.74, 6) is 0. The van der Waals surface area contributed by atoms with Crippen molar-refractivity contribution in [2.45, 2.75) is 39.8 Å². The first-order valence-electron chi connectivity index (χ1n) is 5.54. The van der Waals surface area contributed by atoms with Crippen LogP contribution in [0.15, 0.2) is 18.5 Å². The van der Waals surface area contributed by atoms with Crippen molar-refractivity contribution in [3.63, 3.8) is 0 Å². The van der Waals surface area contributed by atoms with Gasteiger partial charge in [0.1, 0.15) is 0 Å². The Bertz CT molecular complexity index is 301. The summed E-state index contributed by atoms with van der Waals surface area (Å²) < 4.78 is 0. The number of nitrogens with zero attached hydrogens (tertiary/aromatic N) is 2. The van der Waals surface area contributed by atoms with E-state index in [4.69, 9.17) is 0 Å². The fourth-order valence-electron chi connectivity index (χ4n) is 1.75. The number of rotatable bonds is 5. The minimum Gasteiger partial charge on any atom is -0.392 e. The molecule has 0 aliphatic heterocycles. The largest absolute Gasteiger partial charge is 0.392 e. The SMILES string of the molecule is CCC(C)N(CC)c1cnccc1CO. The third-order valence-electron chi connectivity index (χ3n) is 2.83. The second kappa shape index (κ2) is 5.71. The van der Waals surface area contributed by atoms with Gasteiger partial charge in [0.2, 0.25) is 0 Å². The predicted molar refractivity (Wildman–Crippen MR) is 62.9 cm³/mol. The molecular formula is C12H20N2O. The number of hydrogen-bond acceptors (Lipinski definition) is 3. The average Bonchev–Trinajstić information content (AvgIpc) is 2.30. The number of pyridine rings is 1. The predicted octanol–water partition coefficient (Wildman–Crippen LogP) is 2.20. The molecule has 0 aliphatic carbocycles. The number of aliphatic hydroxyl groups is 1. The zero-order valence-corrected chi connectivity index (χ0v) is 9.77. The summed E-state index contributed by atoms with van der Waals surface area (Å²) in [5, 5.41) is 9.26. The third-order valence-corrected chi connectivity index (χ3v) is 2.83. The fourth-order valence-corrected chi connectivity index (χ4v) is 1.75. The lowest BCUT2D eigenvalue weighted by Gasteiger charge is -2.30. The van der Waals surface area contributed by atoms with Crippen LogP contribution in [0.2, 0.25) is 0 Å². The lowest BCUT2D eigenvalue weighted by molar-refractivity contribution is 0.281. The molecule has 0 amide bonds. The molecule has 3 nitrogen and oxygen atoms in total. The zero-order chi connectivity index (χ0) is 11.3. The fraction of sp³-hybridized carbons (Fsp3) is 0.583. The van der Waals surface area contributed by atoms with E-state index in [9.17, 15) is 5.11 Å². The van der Waals surface area contributed by atoms with Crippen molar-refractivity contribution < 1.29 is 5.11 Å². The summed E-state index contributed by atoms with van der Waals surface area (Å²) >= 11 is 0. The van der Waals surface area contributed by atoms with Crippen LogP contribution < -0.4 is 4.90 Å². The maximum atomic E-state index is 9.26. The van der Waals surface area contributed by atoms with Crippen LogP contribution in [0.3, 0.4) is 0 Å². The summed E-state index contributed by atoms with van der Waals surface area (Å²) in [7, 11) is 0. The van der Waals surface area contributed by atoms with Crippen molar-refractivity contribution in [2.75, 3.05) is 11.4 Å². The summed E-state index contributed by atoms with van der Waals surface area (Å²) in [5.41, 5.74) is 2.00. The molecule has 1 N–H and O–H groups in total. The summed E-state index contributed by atoms with van der Waals surface area (Å²) in [6.45, 7) is 7.50. The Kier molecular flexibility index (Phi) is 4.56. The highest BCUT2D eigenvalue weighted by atomic mass is 16.3. The lowest BCUT2D eigenvalue weighted by atomic mass is 10.1. The Morgan fingerprint density at radius 2 is 2.20 bits per heavy atom. The first-order chi connectivity index (χ1) is 7.24. The Morgan fingerprint density at radius 3 is 2.73 bits per heavy atom. The van der Waals surface area contributed by atoms with Crippen LogP contribution in [-0.2, 0) is 6.61 Å². The molecule has 0 fully saturated rings. The van der Waals surface area contributed by atoms with Gasteiger partial charge in [-0.25, -0.2) is 0 Å². The highest BCUT2D eigenvalue weighted by molar-refractivity contribution is 5.52. The topological polar surface area (TPSA) is 36.4 Å². The van der Waals surface area contributed by atoms with E-state index in [-0.39, 0.29) is 6.61 Å². The van der Waals surface area contributed by atoms with Gasteiger partial charge >= 0.3 is 0 Å². The molecule has 3 heteroatoms. The van der Waals surface area contributed by atoms with Crippen LogP contribution in [-0.4, -0.2) is 22.7 Å². The molecule has 0 aliphatic rings. The van der Waals surface area contributed by atoms with Gasteiger partial charge in [0.05, 0.1) is 18.5 Å². The molecule has 1 unspecified atom stereocenters. The van der Waals surface area contributed by atoms with Gasteiger partial charge in [0.25, 0.3) is 0 Å². The third kappa shape index (κ3) is 2.69. The Morgan fingerprint density at radius 1 is 1.47 bits per heavy atom. The maximum Gasteiger partial charge on any atom is 0.0703 e. The van der Waals surface area contributed by atoms with E-state index >= 15 is 0 Å². The van der Waals surface area contributed by atoms with Gasteiger partial charge in [-0.1, -0.05) is 6.92 Å². The maximum absolute atomic E-state index is 9.26. The molecule has 1 rings (SSSR count). The van der Waals surface area contributed by atoms with E-state index in [0.717, 1.165) is 24.2 Å². The van der Waals surface area contributed by atoms with Crippen LogP contribution in [0.4, 0.5) is 5.69 Å². The standard InChI is InChI=1S/C12H20N2O/c1-4-10(3)14(5-2)12-8-13-7-6-11(12)9-15/h6-8,10,15H,4-5,9H2,1-3H3. The highest BCUT2D eigenvalue weighted by Gasteiger charge is 2.13. The molecule has 15 heavy (non-hydrogen) atoms. The van der Waals surface area contributed by atoms with Gasteiger partial charge in [0, 0.05) is 24.3 Å². The van der Waals surface area contributed by atoms with Gasteiger partial charge in [0.15, 0.2) is 0 Å². The average molecular weight is 208 g/mol. The van der Waals surface area contributed by atoms with Crippen molar-refractivity contribution >= 4 is 5.69 Å². The monoisotopic (exact) mass is 208 g/mol. The molecule has 0 radical (unpaired) electrons. The lowest BCUT2D eigenvalue weighted by Crippen LogP contribution is -2.33. The second-order valence-corrected chi connectivity index (χ2v) is 3.71. The van der Waals surface area contributed by atoms with Gasteiger partial charge in [-0.05, 0) is 26.3 Å². The Balaban J connectivity index is 3.00. The van der Waals surface area contributed by atoms with Gasteiger partial charge in [-0.2, -0.15) is 0 Å². The first-order valence-corrected chi connectivity index (χ1v) is 5.54. The highest BCUT2D eigenvalue weighted by Crippen LogP contribution is 2.22. The van der Waals surface area contributed by atoms with E-state index in [0.29, 0.717) is 6.04 Å². The smallest absolute Gasteiger partial charge is 0.0703 e. The second-order valence-electron chi connectivity index (χ2n) is 3.71. The molecule has 1 heterocycles. The van der Waals surface area contributed by atoms with Crippen molar-refractivity contribution in [3.05, 3.63) is 24.0 Å². The molecular weight excluding hydrogens is 188 g/mol. The van der Waals surface area contributed by atoms with Crippen molar-refractivity contribution in [2.24, 2.45) is 0 Å². The Hall–Kier alpha value is -1.09. The van der Waals surface area contributed by atoms with E-state index < -0.39 is 0 Å². The normalized spacial score (nSPS) is 12.5. The molecule has 1 aromatic rings. The van der Waals surface area contributed by atoms with Crippen LogP contribution in [0.25, 0.3) is 0 Å². The van der Waals surface area contributed by atoms with Crippen molar-refractivity contribution in [1.29, 1.82) is 0 Å². The molecule has 84 valence electrons. The van der Waals surface area contributed by atoms with Gasteiger partial charge in [-0.15, -0.1) is 0 Å². The molecule has 1 aromatic heterocycles.